The molecule has 1 rings (SSSR count). The summed E-state index contributed by atoms with van der Waals surface area (Å²) in [4.78, 5) is 173. The zero-order valence-corrected chi connectivity index (χ0v) is 61.7. The molecule has 544 valence electrons. The first kappa shape index (κ1) is 86.5. The Morgan fingerprint density at radius 3 is 1.48 bits per heavy atom. The van der Waals surface area contributed by atoms with Crippen LogP contribution < -0.4 is 21.3 Å². The van der Waals surface area contributed by atoms with Crippen molar-refractivity contribution in [2.45, 2.75) is 241 Å². The number of amides is 11. The average Bonchev–Trinajstić information content (AvgIpc) is 0.810. The minimum atomic E-state index is -1.70. The highest BCUT2D eigenvalue weighted by atomic mass is 16.5. The Kier molecular flexibility index (Phi) is 37.8. The maximum absolute atomic E-state index is 15.5. The lowest BCUT2D eigenvalue weighted by Gasteiger charge is -2.41. The number of aliphatic hydroxyl groups excluding tert-OH is 2. The lowest BCUT2D eigenvalue weighted by molar-refractivity contribution is -0.158. The van der Waals surface area contributed by atoms with Crippen molar-refractivity contribution >= 4 is 65.0 Å². The molecular weight excluding hydrogens is 1220 g/mol. The molecule has 11 amide bonds. The molecule has 0 radical (unpaired) electrons. The molecule has 6 N–H and O–H groups in total. The fourth-order valence-corrected chi connectivity index (χ4v) is 11.9. The lowest BCUT2D eigenvalue weighted by Crippen LogP contribution is -2.65. The Morgan fingerprint density at radius 1 is 0.526 bits per heavy atom. The van der Waals surface area contributed by atoms with Gasteiger partial charge < -0.3 is 75.3 Å². The number of allylic oxidation sites excluding steroid dienone is 1. The number of carbonyl (C=O) groups is 11. The summed E-state index contributed by atoms with van der Waals surface area (Å²) in [6.07, 6.45) is 3.39. The molecule has 0 aromatic carbocycles. The van der Waals surface area contributed by atoms with Crippen LogP contribution in [-0.2, 0) is 62.2 Å². The number of ether oxygens (including phenoxy) is 2. The van der Waals surface area contributed by atoms with Crippen LogP contribution >= 0.6 is 0 Å². The van der Waals surface area contributed by atoms with Crippen molar-refractivity contribution < 1.29 is 72.4 Å². The monoisotopic (exact) mass is 1350 g/mol. The van der Waals surface area contributed by atoms with Crippen LogP contribution in [0.15, 0.2) is 24.8 Å². The molecule has 1 heterocycles. The number of hydrogen-bond acceptors (Lipinski definition) is 15. The molecule has 95 heavy (non-hydrogen) atoms. The molecular formula is C69H123N11O15. The van der Waals surface area contributed by atoms with Gasteiger partial charge in [-0.05, 0) is 102 Å². The number of hydrogen-bond donors (Lipinski definition) is 6. The van der Waals surface area contributed by atoms with E-state index in [0.717, 1.165) is 9.80 Å². The van der Waals surface area contributed by atoms with E-state index in [4.69, 9.17) is 9.47 Å². The Morgan fingerprint density at radius 2 is 1.00 bits per heavy atom. The van der Waals surface area contributed by atoms with Gasteiger partial charge in [-0.2, -0.15) is 0 Å². The van der Waals surface area contributed by atoms with Gasteiger partial charge in [0.25, 0.3) is 0 Å². The summed E-state index contributed by atoms with van der Waals surface area (Å²) >= 11 is 0. The SMILES string of the molecule is C=CCOC[C@@H]1C(=O)N(C)C([C@@H](C)OCCCCO)C(=O)N[C@@H](C(C)C)C(=O)N(C)[C@@H](CC(C)C)C(=O)N[C@@H](C)C(=O)N[C@H](C)C(=O)N(C)[C@@H](CC(C)C)C(=O)N(C)[C@@H](CC(C)C)C(=O)N(C)[C@@H](C(C)C)C(=O)N(C)[C@@H]([C@H](O)[C@H](C)/C=C/C)C(=O)N[C@@H](CC)C(=O)N1CCC. The molecule has 26 heteroatoms. The van der Waals surface area contributed by atoms with Crippen molar-refractivity contribution in [3.05, 3.63) is 24.8 Å². The Balaban J connectivity index is 4.65. The second-order valence-corrected chi connectivity index (χ2v) is 27.6. The number of nitrogens with one attached hydrogen (secondary N) is 4. The normalized spacial score (nSPS) is 26.4. The second kappa shape index (κ2) is 41.6. The Labute approximate surface area is 567 Å². The molecule has 26 nitrogen and oxygen atoms in total. The highest BCUT2D eigenvalue weighted by molar-refractivity contribution is 6.00. The molecule has 14 atom stereocenters. The van der Waals surface area contributed by atoms with Gasteiger partial charge in [0, 0.05) is 68.0 Å². The molecule has 1 saturated heterocycles. The van der Waals surface area contributed by atoms with E-state index in [0.29, 0.717) is 12.8 Å². The van der Waals surface area contributed by atoms with Crippen molar-refractivity contribution in [3.8, 4) is 0 Å². The lowest BCUT2D eigenvalue weighted by atomic mass is 9.93. The number of unbranched alkanes of at least 4 members (excludes halogenated alkanes) is 1. The van der Waals surface area contributed by atoms with Gasteiger partial charge in [0.1, 0.15) is 66.5 Å². The van der Waals surface area contributed by atoms with E-state index >= 15 is 33.6 Å². The largest absolute Gasteiger partial charge is 0.396 e. The predicted octanol–water partition coefficient (Wildman–Crippen LogP) is 3.36. The molecule has 1 fully saturated rings. The van der Waals surface area contributed by atoms with E-state index in [1.54, 1.807) is 74.5 Å². The summed E-state index contributed by atoms with van der Waals surface area (Å²) in [5.74, 6) is -10.7. The van der Waals surface area contributed by atoms with Gasteiger partial charge in [-0.15, -0.1) is 6.58 Å². The molecule has 0 aliphatic carbocycles. The van der Waals surface area contributed by atoms with Crippen molar-refractivity contribution in [2.75, 3.05) is 75.3 Å². The topological polar surface area (TPSA) is 317 Å². The highest BCUT2D eigenvalue weighted by Gasteiger charge is 2.47. The number of rotatable bonds is 24. The third-order valence-electron chi connectivity index (χ3n) is 17.5. The van der Waals surface area contributed by atoms with Crippen LogP contribution in [0.2, 0.25) is 0 Å². The molecule has 0 aromatic rings. The first-order valence-electron chi connectivity index (χ1n) is 34.1. The molecule has 0 bridgehead atoms. The van der Waals surface area contributed by atoms with Crippen LogP contribution in [0.4, 0.5) is 0 Å². The first-order valence-corrected chi connectivity index (χ1v) is 34.1. The van der Waals surface area contributed by atoms with E-state index in [2.05, 4.69) is 27.8 Å². The van der Waals surface area contributed by atoms with Gasteiger partial charge >= 0.3 is 0 Å². The minimum Gasteiger partial charge on any atom is -0.396 e. The predicted molar refractivity (Wildman–Crippen MR) is 365 cm³/mol. The van der Waals surface area contributed by atoms with Crippen molar-refractivity contribution in [2.24, 2.45) is 35.5 Å². The summed E-state index contributed by atoms with van der Waals surface area (Å²) in [7, 11) is 8.39. The quantitative estimate of drug-likeness (QED) is 0.0596. The number of likely N-dealkylation sites (N-methyl/N-ethyl adjacent to an activating group) is 6. The first-order chi connectivity index (χ1) is 44.3. The number of nitrogens with zero attached hydrogens (tertiary/aromatic N) is 7. The molecule has 0 aromatic heterocycles. The maximum Gasteiger partial charge on any atom is 0.248 e. The van der Waals surface area contributed by atoms with E-state index in [9.17, 15) is 29.4 Å². The molecule has 1 aliphatic rings. The summed E-state index contributed by atoms with van der Waals surface area (Å²) in [6, 6.07) is -14.8. The van der Waals surface area contributed by atoms with Gasteiger partial charge in [0.15, 0.2) is 0 Å². The third kappa shape index (κ3) is 24.8. The highest BCUT2D eigenvalue weighted by Crippen LogP contribution is 2.26. The second-order valence-electron chi connectivity index (χ2n) is 27.6. The maximum atomic E-state index is 15.5. The average molecular weight is 1350 g/mol. The molecule has 0 spiro atoms. The van der Waals surface area contributed by atoms with Gasteiger partial charge in [-0.3, -0.25) is 52.7 Å². The van der Waals surface area contributed by atoms with Crippen LogP contribution in [0.5, 0.6) is 0 Å². The van der Waals surface area contributed by atoms with E-state index in [-0.39, 0.29) is 76.2 Å². The van der Waals surface area contributed by atoms with Crippen molar-refractivity contribution in [1.29, 1.82) is 0 Å². The minimum absolute atomic E-state index is 0.0504. The van der Waals surface area contributed by atoms with Crippen LogP contribution in [0.3, 0.4) is 0 Å². The third-order valence-corrected chi connectivity index (χ3v) is 17.5. The Bertz CT molecular complexity index is 2570. The fourth-order valence-electron chi connectivity index (χ4n) is 11.9. The molecule has 1 unspecified atom stereocenters. The smallest absolute Gasteiger partial charge is 0.248 e. The molecule has 1 aliphatic heterocycles. The summed E-state index contributed by atoms with van der Waals surface area (Å²) in [5, 5.41) is 32.9. The van der Waals surface area contributed by atoms with Crippen molar-refractivity contribution in [3.63, 3.8) is 0 Å². The summed E-state index contributed by atoms with van der Waals surface area (Å²) in [5.41, 5.74) is 0. The van der Waals surface area contributed by atoms with E-state index < -0.39 is 168 Å². The fraction of sp³-hybridized carbons (Fsp3) is 0.783. The zero-order valence-electron chi connectivity index (χ0n) is 61.7. The standard InChI is InChI=1S/C69H123N11O15/c1-25-31-45(15)58(82)57-62(86)72-49(28-4)64(88)80(32-26-2)53(39-94-34-27-3)67(91)78(23)56(48(18)95-35-30-29-33-81)61(85)73-54(43(11)12)68(92)74(19)50(36-40(5)6)60(84)70-46(16)59(83)71-47(17)63(87)75(20)51(37-41(7)8)65(89)76(21)52(38-42(9)10)66(90)77(22)55(44(13)14)69(93)79(57)24/h25,27,31,40-58,81-82H,3,26,28-30,32-39H2,1-2,4-24H3,(H,70,84)(H,71,83)(H,72,86)(H,73,85)/b31-25+/t45-,46+,47-,48-,49+,50+,51+,52+,53-,54+,55+,56?,57+,58-/m1/s1. The van der Waals surface area contributed by atoms with Crippen LogP contribution in [0.25, 0.3) is 0 Å². The van der Waals surface area contributed by atoms with E-state index in [1.165, 1.54) is 86.7 Å². The van der Waals surface area contributed by atoms with Crippen LogP contribution in [0, 0.1) is 35.5 Å². The molecule has 0 saturated carbocycles. The van der Waals surface area contributed by atoms with E-state index in [1.807, 2.05) is 41.5 Å². The van der Waals surface area contributed by atoms with Gasteiger partial charge in [-0.1, -0.05) is 108 Å². The Hall–Kier alpha value is -6.51. The van der Waals surface area contributed by atoms with Crippen LogP contribution in [0.1, 0.15) is 163 Å². The number of carbonyl (C=O) groups excluding carboxylic acids is 11. The van der Waals surface area contributed by atoms with Gasteiger partial charge in [-0.25, -0.2) is 0 Å². The van der Waals surface area contributed by atoms with Crippen LogP contribution in [-0.4, -0.2) is 263 Å². The van der Waals surface area contributed by atoms with Gasteiger partial charge in [0.2, 0.25) is 65.0 Å². The zero-order chi connectivity index (χ0) is 73.2. The summed E-state index contributed by atoms with van der Waals surface area (Å²) in [6.45, 7) is 32.2. The number of aliphatic hydroxyl groups is 2. The summed E-state index contributed by atoms with van der Waals surface area (Å²) < 4.78 is 12.1. The van der Waals surface area contributed by atoms with Gasteiger partial charge in [0.05, 0.1) is 25.4 Å². The van der Waals surface area contributed by atoms with Crippen molar-refractivity contribution in [1.82, 2.24) is 55.6 Å².